The van der Waals surface area contributed by atoms with Gasteiger partial charge in [-0.25, -0.2) is 4.39 Å². The first-order chi connectivity index (χ1) is 11.6. The van der Waals surface area contributed by atoms with Gasteiger partial charge >= 0.3 is 0 Å². The van der Waals surface area contributed by atoms with Crippen LogP contribution in [0.15, 0.2) is 33.2 Å². The molecular formula is C19H35FN4. The highest BCUT2D eigenvalue weighted by Crippen LogP contribution is 2.15. The maximum atomic E-state index is 14.0. The zero-order chi connectivity index (χ0) is 18.4. The summed E-state index contributed by atoms with van der Waals surface area (Å²) in [5.74, 6) is 0. The summed E-state index contributed by atoms with van der Waals surface area (Å²) in [4.78, 5) is 8.56. The molecule has 0 aliphatic carbocycles. The van der Waals surface area contributed by atoms with Crippen LogP contribution in [-0.4, -0.2) is 31.7 Å². The summed E-state index contributed by atoms with van der Waals surface area (Å²) in [5, 5.41) is 3.33. The van der Waals surface area contributed by atoms with E-state index in [1.54, 1.807) is 13.3 Å². The van der Waals surface area contributed by atoms with Crippen molar-refractivity contribution in [3.63, 3.8) is 0 Å². The Bertz CT molecular complexity index is 452. The minimum absolute atomic E-state index is 0.307. The number of nitrogens with one attached hydrogen (secondary N) is 1. The molecule has 5 heteroatoms. The van der Waals surface area contributed by atoms with Crippen LogP contribution >= 0.6 is 0 Å². The van der Waals surface area contributed by atoms with E-state index in [2.05, 4.69) is 29.1 Å². The number of hydrogen-bond acceptors (Lipinski definition) is 4. The third kappa shape index (κ3) is 8.27. The van der Waals surface area contributed by atoms with Gasteiger partial charge in [0.15, 0.2) is 0 Å². The number of nitrogens with zero attached hydrogens (tertiary/aromatic N) is 2. The van der Waals surface area contributed by atoms with Crippen molar-refractivity contribution in [2.75, 3.05) is 7.05 Å². The molecular weight excluding hydrogens is 303 g/mol. The van der Waals surface area contributed by atoms with Gasteiger partial charge in [-0.1, -0.05) is 40.5 Å². The van der Waals surface area contributed by atoms with Crippen molar-refractivity contribution >= 4 is 12.4 Å². The van der Waals surface area contributed by atoms with Crippen LogP contribution in [-0.2, 0) is 0 Å². The predicted molar refractivity (Wildman–Crippen MR) is 104 cm³/mol. The number of aliphatic imine (C=N–C) groups is 2. The molecule has 2 unspecified atom stereocenters. The minimum Gasteiger partial charge on any atom is -0.403 e. The number of rotatable bonds is 12. The van der Waals surface area contributed by atoms with Crippen molar-refractivity contribution in [3.05, 3.63) is 23.2 Å². The molecule has 0 spiro atoms. The summed E-state index contributed by atoms with van der Waals surface area (Å²) >= 11 is 0. The van der Waals surface area contributed by atoms with Crippen molar-refractivity contribution in [1.29, 1.82) is 0 Å². The molecule has 2 atom stereocenters. The van der Waals surface area contributed by atoms with E-state index >= 15 is 0 Å². The summed E-state index contributed by atoms with van der Waals surface area (Å²) in [6, 6.07) is -0.307. The maximum absolute atomic E-state index is 14.0. The smallest absolute Gasteiger partial charge is 0.122 e. The van der Waals surface area contributed by atoms with Crippen molar-refractivity contribution < 1.29 is 4.39 Å². The van der Waals surface area contributed by atoms with Gasteiger partial charge in [0.05, 0.1) is 11.7 Å². The molecule has 0 aliphatic rings. The number of allylic oxidation sites excluding steroid dienone is 3. The molecule has 3 N–H and O–H groups in total. The van der Waals surface area contributed by atoms with Gasteiger partial charge in [-0.15, -0.1) is 0 Å². The quantitative estimate of drug-likeness (QED) is 0.514. The highest BCUT2D eigenvalue weighted by Gasteiger charge is 2.16. The molecule has 0 aromatic rings. The monoisotopic (exact) mass is 338 g/mol. The van der Waals surface area contributed by atoms with E-state index in [9.17, 15) is 4.39 Å². The molecule has 0 bridgehead atoms. The first-order valence-corrected chi connectivity index (χ1v) is 9.07. The maximum Gasteiger partial charge on any atom is 0.122 e. The van der Waals surface area contributed by atoms with Crippen LogP contribution in [0.5, 0.6) is 0 Å². The molecule has 0 aliphatic heterocycles. The third-order valence-corrected chi connectivity index (χ3v) is 3.82. The van der Waals surface area contributed by atoms with E-state index in [1.165, 1.54) is 6.20 Å². The lowest BCUT2D eigenvalue weighted by Crippen LogP contribution is -2.22. The molecule has 0 saturated heterocycles. The summed E-state index contributed by atoms with van der Waals surface area (Å²) < 4.78 is 14.0. The van der Waals surface area contributed by atoms with Gasteiger partial charge in [-0.3, -0.25) is 9.98 Å². The number of hydrogen-bond donors (Lipinski definition) is 2. The van der Waals surface area contributed by atoms with Crippen LogP contribution in [0.25, 0.3) is 0 Å². The lowest BCUT2D eigenvalue weighted by atomic mass is 10.1. The van der Waals surface area contributed by atoms with Crippen molar-refractivity contribution in [1.82, 2.24) is 5.32 Å². The Hall–Kier alpha value is -1.65. The topological polar surface area (TPSA) is 62.8 Å². The number of alkyl halides is 1. The molecule has 0 aromatic carbocycles. The Kier molecular flexibility index (Phi) is 12.8. The van der Waals surface area contributed by atoms with Crippen molar-refractivity contribution in [2.45, 2.75) is 78.4 Å². The normalized spacial score (nSPS) is 16.5. The van der Waals surface area contributed by atoms with E-state index in [0.717, 1.165) is 43.4 Å². The van der Waals surface area contributed by atoms with E-state index in [1.807, 2.05) is 20.1 Å². The molecule has 0 fully saturated rings. The van der Waals surface area contributed by atoms with Crippen molar-refractivity contribution in [2.24, 2.45) is 15.7 Å². The minimum atomic E-state index is -0.913. The fourth-order valence-electron chi connectivity index (χ4n) is 2.50. The number of nitrogens with two attached hydrogens (primary N) is 1. The average Bonchev–Trinajstić information content (AvgIpc) is 2.60. The molecule has 0 saturated carbocycles. The van der Waals surface area contributed by atoms with Crippen LogP contribution in [0.4, 0.5) is 4.39 Å². The van der Waals surface area contributed by atoms with Gasteiger partial charge in [0.2, 0.25) is 0 Å². The Balaban J connectivity index is 5.25. The zero-order valence-corrected chi connectivity index (χ0v) is 16.0. The predicted octanol–water partition coefficient (Wildman–Crippen LogP) is 4.53. The van der Waals surface area contributed by atoms with E-state index < -0.39 is 6.17 Å². The fraction of sp³-hybridized carbons (Fsp3) is 0.684. The first kappa shape index (κ1) is 22.4. The highest BCUT2D eigenvalue weighted by molar-refractivity contribution is 5.81. The van der Waals surface area contributed by atoms with E-state index in [0.29, 0.717) is 12.1 Å². The van der Waals surface area contributed by atoms with Crippen LogP contribution in [0.2, 0.25) is 0 Å². The van der Waals surface area contributed by atoms with Gasteiger partial charge < -0.3 is 11.1 Å². The number of halogens is 1. The van der Waals surface area contributed by atoms with Crippen LogP contribution < -0.4 is 11.1 Å². The summed E-state index contributed by atoms with van der Waals surface area (Å²) in [6.07, 6.45) is 9.06. The van der Waals surface area contributed by atoms with Crippen LogP contribution in [0.3, 0.4) is 0 Å². The first-order valence-electron chi connectivity index (χ1n) is 9.07. The van der Waals surface area contributed by atoms with Gasteiger partial charge in [0, 0.05) is 31.4 Å². The zero-order valence-electron chi connectivity index (χ0n) is 16.0. The summed E-state index contributed by atoms with van der Waals surface area (Å²) in [6.45, 7) is 8.11. The molecule has 0 heterocycles. The van der Waals surface area contributed by atoms with Gasteiger partial charge in [-0.2, -0.15) is 0 Å². The van der Waals surface area contributed by atoms with Crippen LogP contribution in [0, 0.1) is 0 Å². The van der Waals surface area contributed by atoms with Gasteiger partial charge in [0.1, 0.15) is 6.17 Å². The standard InChI is InChI=1S/C19H35FN4/c1-6-10-15(13-22-5)18(9-4)24-16(12-21)14-23-19(11-7-2)17(20)8-3/h12-14,17,19,24H,6-11,21H2,1-5H3/b16-12+,18-15-,22-13?,23-14?. The van der Waals surface area contributed by atoms with Crippen LogP contribution in [0.1, 0.15) is 66.2 Å². The molecule has 0 radical (unpaired) electrons. The molecule has 0 aromatic heterocycles. The Morgan fingerprint density at radius 3 is 2.33 bits per heavy atom. The molecule has 138 valence electrons. The summed E-state index contributed by atoms with van der Waals surface area (Å²) in [7, 11) is 1.77. The molecule has 0 amide bonds. The van der Waals surface area contributed by atoms with E-state index in [4.69, 9.17) is 5.73 Å². The Morgan fingerprint density at radius 1 is 1.17 bits per heavy atom. The third-order valence-electron chi connectivity index (χ3n) is 3.82. The Labute approximate surface area is 147 Å². The largest absolute Gasteiger partial charge is 0.403 e. The van der Waals surface area contributed by atoms with Crippen molar-refractivity contribution in [3.8, 4) is 0 Å². The SMILES string of the molecule is CCC/C(C=NC)=C(\CC)N/C(C=NC(CCC)C(F)CC)=C/N. The van der Waals surface area contributed by atoms with E-state index in [-0.39, 0.29) is 6.04 Å². The molecule has 24 heavy (non-hydrogen) atoms. The second kappa shape index (κ2) is 13.8. The second-order valence-corrected chi connectivity index (χ2v) is 5.80. The molecule has 4 nitrogen and oxygen atoms in total. The molecule has 0 rings (SSSR count). The fourth-order valence-corrected chi connectivity index (χ4v) is 2.50. The lowest BCUT2D eigenvalue weighted by Gasteiger charge is -2.17. The van der Waals surface area contributed by atoms with Gasteiger partial charge in [0.25, 0.3) is 0 Å². The summed E-state index contributed by atoms with van der Waals surface area (Å²) in [5.41, 5.74) is 8.65. The second-order valence-electron chi connectivity index (χ2n) is 5.80. The average molecular weight is 339 g/mol. The highest BCUT2D eigenvalue weighted by atomic mass is 19.1. The lowest BCUT2D eigenvalue weighted by molar-refractivity contribution is 0.265. The Morgan fingerprint density at radius 2 is 1.88 bits per heavy atom. The van der Waals surface area contributed by atoms with Gasteiger partial charge in [-0.05, 0) is 31.3 Å².